The van der Waals surface area contributed by atoms with Crippen LogP contribution in [0.3, 0.4) is 0 Å². The zero-order valence-corrected chi connectivity index (χ0v) is 61.1. The molecular formula is C72H140CaO8Zn. The molecule has 0 saturated carbocycles. The van der Waals surface area contributed by atoms with Crippen molar-refractivity contribution in [3.05, 3.63) is 0 Å². The number of carboxylic acid groups (broad SMARTS) is 4. The first-order chi connectivity index (χ1) is 39.1. The third kappa shape index (κ3) is 108. The fraction of sp³-hybridized carbons (Fsp3) is 0.944. The first-order valence-electron chi connectivity index (χ1n) is 35.9. The number of carbonyl (C=O) groups excluding carboxylic acids is 4. The second-order valence-electron chi connectivity index (χ2n) is 24.3. The average molecular weight is 1240 g/mol. The van der Waals surface area contributed by atoms with Gasteiger partial charge in [0.05, 0.1) is 0 Å². The second-order valence-corrected chi connectivity index (χ2v) is 24.3. The second kappa shape index (κ2) is 89.5. The van der Waals surface area contributed by atoms with Crippen molar-refractivity contribution < 1.29 is 59.1 Å². The van der Waals surface area contributed by atoms with Crippen molar-refractivity contribution in [1.29, 1.82) is 0 Å². The SMILES string of the molecule is CCCCCCCCCCCCCCCCCC(=O)[O-].CCCCCCCCCCCCCCCCCC(=O)[O-].CCCCCCCCCCCCCCCCCC(=O)[O-].CCCCCCCCCCCCCCCCCC(=O)[O-].[Ca+2].[Zn+2]. The number of rotatable bonds is 64. The monoisotopic (exact) mass is 1240 g/mol. The number of aliphatic carboxylic acids is 4. The minimum absolute atomic E-state index is 0. The topological polar surface area (TPSA) is 161 Å². The van der Waals surface area contributed by atoms with E-state index in [1.165, 1.54) is 334 Å². The third-order valence-electron chi connectivity index (χ3n) is 15.9. The molecule has 82 heavy (non-hydrogen) atoms. The minimum atomic E-state index is -0.903. The van der Waals surface area contributed by atoms with Crippen molar-refractivity contribution in [3.63, 3.8) is 0 Å². The van der Waals surface area contributed by atoms with Crippen molar-refractivity contribution >= 4 is 61.6 Å². The molecule has 0 heterocycles. The molecule has 0 atom stereocenters. The van der Waals surface area contributed by atoms with Gasteiger partial charge in [-0.25, -0.2) is 0 Å². The third-order valence-corrected chi connectivity index (χ3v) is 15.9. The maximum Gasteiger partial charge on any atom is 2.00 e. The Morgan fingerprint density at radius 3 is 0.317 bits per heavy atom. The summed E-state index contributed by atoms with van der Waals surface area (Å²) < 4.78 is 0. The molecule has 0 aliphatic heterocycles. The normalized spacial score (nSPS) is 10.6. The van der Waals surface area contributed by atoms with Crippen LogP contribution in [0.5, 0.6) is 0 Å². The number of hydrogen-bond acceptors (Lipinski definition) is 8. The molecule has 480 valence electrons. The number of hydrogen-bond donors (Lipinski definition) is 0. The molecule has 8 nitrogen and oxygen atoms in total. The van der Waals surface area contributed by atoms with Crippen LogP contribution in [0.2, 0.25) is 0 Å². The fourth-order valence-electron chi connectivity index (χ4n) is 10.6. The standard InChI is InChI=1S/4C18H36O2.Ca.Zn/c4*1-2-3-4-5-6-7-8-9-10-11-12-13-14-15-16-17-18(19)20;;/h4*2-17H2,1H3,(H,19,20);;/q;;;;2*+2/p-4. The van der Waals surface area contributed by atoms with Gasteiger partial charge in [-0.15, -0.1) is 0 Å². The van der Waals surface area contributed by atoms with Gasteiger partial charge in [-0.05, 0) is 51.4 Å². The van der Waals surface area contributed by atoms with E-state index < -0.39 is 23.9 Å². The van der Waals surface area contributed by atoms with E-state index in [1.807, 2.05) is 0 Å². The molecule has 0 bridgehead atoms. The van der Waals surface area contributed by atoms with Crippen molar-refractivity contribution in [3.8, 4) is 0 Å². The van der Waals surface area contributed by atoms with Gasteiger partial charge < -0.3 is 39.6 Å². The predicted octanol–water partition coefficient (Wildman–Crippen LogP) is 19.6. The molecule has 0 unspecified atom stereocenters. The molecule has 10 heteroatoms. The van der Waals surface area contributed by atoms with Crippen molar-refractivity contribution in [2.24, 2.45) is 0 Å². The van der Waals surface area contributed by atoms with Crippen LogP contribution < -0.4 is 20.4 Å². The summed E-state index contributed by atoms with van der Waals surface area (Å²) in [6.07, 6.45) is 79.4. The van der Waals surface area contributed by atoms with Crippen molar-refractivity contribution in [2.75, 3.05) is 0 Å². The van der Waals surface area contributed by atoms with Crippen LogP contribution >= 0.6 is 0 Å². The Hall–Kier alpha value is -0.237. The van der Waals surface area contributed by atoms with Crippen LogP contribution in [0.1, 0.15) is 439 Å². The van der Waals surface area contributed by atoms with Gasteiger partial charge in [-0.2, -0.15) is 0 Å². The van der Waals surface area contributed by atoms with E-state index in [9.17, 15) is 39.6 Å². The van der Waals surface area contributed by atoms with Crippen molar-refractivity contribution in [1.82, 2.24) is 0 Å². The molecule has 0 aliphatic carbocycles. The summed E-state index contributed by atoms with van der Waals surface area (Å²) >= 11 is 0. The largest absolute Gasteiger partial charge is 2.00 e. The summed E-state index contributed by atoms with van der Waals surface area (Å²) in [4.78, 5) is 40.9. The van der Waals surface area contributed by atoms with Crippen LogP contribution in [0.25, 0.3) is 0 Å². The molecule has 0 aromatic carbocycles. The zero-order valence-electron chi connectivity index (χ0n) is 55.9. The number of carbonyl (C=O) groups is 4. The Morgan fingerprint density at radius 1 is 0.171 bits per heavy atom. The maximum absolute atomic E-state index is 10.2. The van der Waals surface area contributed by atoms with E-state index in [0.717, 1.165) is 51.4 Å². The molecule has 0 rings (SSSR count). The molecule has 0 amide bonds. The Labute approximate surface area is 554 Å². The van der Waals surface area contributed by atoms with E-state index in [2.05, 4.69) is 27.7 Å². The summed E-state index contributed by atoms with van der Waals surface area (Å²) in [5.41, 5.74) is 0. The molecule has 0 N–H and O–H groups in total. The van der Waals surface area contributed by atoms with Crippen LogP contribution in [0, 0.1) is 0 Å². The molecule has 0 fully saturated rings. The Bertz CT molecular complexity index is 998. The fourth-order valence-corrected chi connectivity index (χ4v) is 10.6. The molecule has 0 saturated heterocycles. The van der Waals surface area contributed by atoms with Crippen molar-refractivity contribution in [2.45, 2.75) is 439 Å². The molecule has 0 aromatic heterocycles. The summed E-state index contributed by atoms with van der Waals surface area (Å²) in [6, 6.07) is 0. The van der Waals surface area contributed by atoms with Gasteiger partial charge in [0.25, 0.3) is 0 Å². The first-order valence-corrected chi connectivity index (χ1v) is 35.9. The average Bonchev–Trinajstić information content (AvgIpc) is 3.43. The maximum atomic E-state index is 10.2. The first kappa shape index (κ1) is 92.9. The molecule has 0 aromatic rings. The molecule has 0 radical (unpaired) electrons. The predicted molar refractivity (Wildman–Crippen MR) is 344 cm³/mol. The zero-order chi connectivity index (χ0) is 59.6. The van der Waals surface area contributed by atoms with Crippen LogP contribution in [-0.4, -0.2) is 61.6 Å². The quantitative estimate of drug-likeness (QED) is 0.0430. The summed E-state index contributed by atoms with van der Waals surface area (Å²) in [6.45, 7) is 9.07. The summed E-state index contributed by atoms with van der Waals surface area (Å²) in [5, 5.41) is 40.9. The van der Waals surface area contributed by atoms with Gasteiger partial charge in [-0.3, -0.25) is 0 Å². The van der Waals surface area contributed by atoms with Gasteiger partial charge in [0, 0.05) is 23.9 Å². The van der Waals surface area contributed by atoms with Crippen LogP contribution in [-0.2, 0) is 38.7 Å². The number of carboxylic acids is 4. The van der Waals surface area contributed by atoms with E-state index >= 15 is 0 Å². The van der Waals surface area contributed by atoms with Gasteiger partial charge in [0.2, 0.25) is 0 Å². The van der Waals surface area contributed by atoms with Gasteiger partial charge in [0.15, 0.2) is 0 Å². The van der Waals surface area contributed by atoms with E-state index in [4.69, 9.17) is 0 Å². The summed E-state index contributed by atoms with van der Waals surface area (Å²) in [7, 11) is 0. The Morgan fingerprint density at radius 2 is 0.244 bits per heavy atom. The minimum Gasteiger partial charge on any atom is -0.550 e. The van der Waals surface area contributed by atoms with E-state index in [0.29, 0.717) is 0 Å². The molecule has 0 spiro atoms. The van der Waals surface area contributed by atoms with Crippen LogP contribution in [0.4, 0.5) is 0 Å². The summed E-state index contributed by atoms with van der Waals surface area (Å²) in [5.74, 6) is -3.61. The van der Waals surface area contributed by atoms with Gasteiger partial charge in [0.1, 0.15) is 0 Å². The smallest absolute Gasteiger partial charge is 0.550 e. The van der Waals surface area contributed by atoms with Crippen LogP contribution in [0.15, 0.2) is 0 Å². The van der Waals surface area contributed by atoms with Gasteiger partial charge >= 0.3 is 57.2 Å². The van der Waals surface area contributed by atoms with Gasteiger partial charge in [-0.1, -0.05) is 387 Å². The van der Waals surface area contributed by atoms with E-state index in [1.54, 1.807) is 0 Å². The molecule has 0 aliphatic rings. The van der Waals surface area contributed by atoms with E-state index in [-0.39, 0.29) is 82.9 Å². The molecular weight excluding hydrogens is 1100 g/mol. The Kier molecular flexibility index (Phi) is 101. The number of unbranched alkanes of at least 4 members (excludes halogenated alkanes) is 56. The Balaban J connectivity index is -0.000000233.